The minimum atomic E-state index is -0.783. The van der Waals surface area contributed by atoms with Gasteiger partial charge in [0.2, 0.25) is 0 Å². The highest BCUT2D eigenvalue weighted by Crippen LogP contribution is 2.39. The van der Waals surface area contributed by atoms with Crippen LogP contribution >= 0.6 is 38.9 Å². The third-order valence-electron chi connectivity index (χ3n) is 4.30. The molecule has 1 atom stereocenters. The summed E-state index contributed by atoms with van der Waals surface area (Å²) in [5.41, 5.74) is 1.73. The van der Waals surface area contributed by atoms with Crippen molar-refractivity contribution < 1.29 is 9.84 Å². The van der Waals surface area contributed by atoms with Crippen LogP contribution in [0, 0.1) is 0 Å². The summed E-state index contributed by atoms with van der Waals surface area (Å²) in [4.78, 5) is 0.864. The van der Waals surface area contributed by atoms with Crippen molar-refractivity contribution in [1.82, 2.24) is 0 Å². The molecule has 0 radical (unpaired) electrons. The smallest absolute Gasteiger partial charge is 0.135 e. The standard InChI is InChI=1S/C22H16BrClO2S/c23-17-11-16(22(25)21-10-15-8-4-5-9-20(15)27-21)18(24)12-19(17)26-13-14-6-2-1-3-7-14/h1-12,22,25H,13H2. The van der Waals surface area contributed by atoms with Gasteiger partial charge in [0.1, 0.15) is 18.5 Å². The Hall–Kier alpha value is -1.85. The third-order valence-corrected chi connectivity index (χ3v) is 6.41. The van der Waals surface area contributed by atoms with Crippen LogP contribution in [-0.2, 0) is 6.61 Å². The molecular weight excluding hydrogens is 444 g/mol. The van der Waals surface area contributed by atoms with Crippen LogP contribution in [0.2, 0.25) is 5.02 Å². The van der Waals surface area contributed by atoms with Gasteiger partial charge in [-0.15, -0.1) is 11.3 Å². The average Bonchev–Trinajstić information content (AvgIpc) is 3.13. The van der Waals surface area contributed by atoms with Gasteiger partial charge in [0.05, 0.1) is 9.50 Å². The molecule has 0 aliphatic carbocycles. The molecule has 5 heteroatoms. The maximum Gasteiger partial charge on any atom is 0.135 e. The summed E-state index contributed by atoms with van der Waals surface area (Å²) < 4.78 is 7.79. The van der Waals surface area contributed by atoms with Crippen molar-refractivity contribution in [2.45, 2.75) is 12.7 Å². The molecule has 0 spiro atoms. The van der Waals surface area contributed by atoms with Crippen molar-refractivity contribution in [3.63, 3.8) is 0 Å². The summed E-state index contributed by atoms with van der Waals surface area (Å²) >= 11 is 11.6. The maximum atomic E-state index is 10.9. The highest BCUT2D eigenvalue weighted by atomic mass is 79.9. The van der Waals surface area contributed by atoms with E-state index in [4.69, 9.17) is 16.3 Å². The predicted octanol–water partition coefficient (Wildman–Crippen LogP) is 6.98. The van der Waals surface area contributed by atoms with Crippen molar-refractivity contribution in [2.24, 2.45) is 0 Å². The van der Waals surface area contributed by atoms with Gasteiger partial charge in [-0.2, -0.15) is 0 Å². The maximum absolute atomic E-state index is 10.9. The number of rotatable bonds is 5. The Bertz CT molecular complexity index is 1050. The van der Waals surface area contributed by atoms with Crippen molar-refractivity contribution >= 4 is 49.0 Å². The lowest BCUT2D eigenvalue weighted by Crippen LogP contribution is -2.01. The molecule has 0 amide bonds. The van der Waals surface area contributed by atoms with Crippen LogP contribution in [0.15, 0.2) is 77.3 Å². The molecule has 1 N–H and O–H groups in total. The molecule has 0 aliphatic heterocycles. The van der Waals surface area contributed by atoms with Gasteiger partial charge in [0, 0.05) is 21.2 Å². The number of halogens is 2. The van der Waals surface area contributed by atoms with Crippen LogP contribution in [0.3, 0.4) is 0 Å². The number of hydrogen-bond acceptors (Lipinski definition) is 3. The zero-order valence-corrected chi connectivity index (χ0v) is 17.4. The molecular formula is C22H16BrClO2S. The minimum absolute atomic E-state index is 0.452. The SMILES string of the molecule is OC(c1cc2ccccc2s1)c1cc(Br)c(OCc2ccccc2)cc1Cl. The summed E-state index contributed by atoms with van der Waals surface area (Å²) in [5.74, 6) is 0.649. The van der Waals surface area contributed by atoms with Crippen molar-refractivity contribution in [2.75, 3.05) is 0 Å². The summed E-state index contributed by atoms with van der Waals surface area (Å²) in [7, 11) is 0. The molecule has 136 valence electrons. The first-order chi connectivity index (χ1) is 13.1. The lowest BCUT2D eigenvalue weighted by Gasteiger charge is -2.15. The van der Waals surface area contributed by atoms with Crippen molar-refractivity contribution in [3.8, 4) is 5.75 Å². The minimum Gasteiger partial charge on any atom is -0.488 e. The molecule has 0 aliphatic rings. The van der Waals surface area contributed by atoms with Crippen LogP contribution in [0.25, 0.3) is 10.1 Å². The Labute approximate surface area is 175 Å². The first-order valence-electron chi connectivity index (χ1n) is 8.44. The first kappa shape index (κ1) is 18.5. The monoisotopic (exact) mass is 458 g/mol. The number of ether oxygens (including phenoxy) is 1. The Kier molecular flexibility index (Phi) is 5.50. The Morgan fingerprint density at radius 1 is 1.00 bits per heavy atom. The van der Waals surface area contributed by atoms with Crippen molar-refractivity contribution in [1.29, 1.82) is 0 Å². The molecule has 1 unspecified atom stereocenters. The Balaban J connectivity index is 1.59. The van der Waals surface area contributed by atoms with E-state index in [0.717, 1.165) is 25.0 Å². The second kappa shape index (κ2) is 8.03. The molecule has 4 rings (SSSR count). The van der Waals surface area contributed by atoms with Crippen molar-refractivity contribution in [3.05, 3.63) is 98.3 Å². The van der Waals surface area contributed by atoms with Gasteiger partial charge in [-0.1, -0.05) is 60.1 Å². The third kappa shape index (κ3) is 4.04. The van der Waals surface area contributed by atoms with Crippen LogP contribution in [0.1, 0.15) is 22.1 Å². The molecule has 3 aromatic carbocycles. The molecule has 0 saturated heterocycles. The lowest BCUT2D eigenvalue weighted by atomic mass is 10.1. The quantitative estimate of drug-likeness (QED) is 0.349. The zero-order chi connectivity index (χ0) is 18.8. The van der Waals surface area contributed by atoms with E-state index in [1.807, 2.05) is 66.7 Å². The molecule has 2 nitrogen and oxygen atoms in total. The average molecular weight is 460 g/mol. The van der Waals surface area contributed by atoms with E-state index in [1.165, 1.54) is 0 Å². The number of thiophene rings is 1. The highest BCUT2D eigenvalue weighted by molar-refractivity contribution is 9.10. The molecule has 27 heavy (non-hydrogen) atoms. The summed E-state index contributed by atoms with van der Waals surface area (Å²) in [6.07, 6.45) is -0.783. The number of hydrogen-bond donors (Lipinski definition) is 1. The summed E-state index contributed by atoms with van der Waals surface area (Å²) in [6, 6.07) is 23.6. The van der Waals surface area contributed by atoms with Gasteiger partial charge in [-0.05, 0) is 45.1 Å². The molecule has 1 aromatic heterocycles. The van der Waals surface area contributed by atoms with Gasteiger partial charge in [0.25, 0.3) is 0 Å². The number of fused-ring (bicyclic) bond motifs is 1. The summed E-state index contributed by atoms with van der Waals surface area (Å²) in [6.45, 7) is 0.452. The van der Waals surface area contributed by atoms with Crippen LogP contribution in [0.4, 0.5) is 0 Å². The van der Waals surface area contributed by atoms with E-state index in [0.29, 0.717) is 22.9 Å². The van der Waals surface area contributed by atoms with E-state index in [1.54, 1.807) is 17.4 Å². The van der Waals surface area contributed by atoms with E-state index in [2.05, 4.69) is 15.9 Å². The topological polar surface area (TPSA) is 29.5 Å². The zero-order valence-electron chi connectivity index (χ0n) is 14.2. The van der Waals surface area contributed by atoms with Gasteiger partial charge >= 0.3 is 0 Å². The first-order valence-corrected chi connectivity index (χ1v) is 10.4. The molecule has 0 saturated carbocycles. The van der Waals surface area contributed by atoms with E-state index < -0.39 is 6.10 Å². The predicted molar refractivity (Wildman–Crippen MR) is 116 cm³/mol. The fraction of sp³-hybridized carbons (Fsp3) is 0.0909. The van der Waals surface area contributed by atoms with E-state index in [9.17, 15) is 5.11 Å². The van der Waals surface area contributed by atoms with Crippen LogP contribution < -0.4 is 4.74 Å². The number of benzene rings is 3. The largest absolute Gasteiger partial charge is 0.488 e. The van der Waals surface area contributed by atoms with Crippen LogP contribution in [0.5, 0.6) is 5.75 Å². The molecule has 0 fully saturated rings. The molecule has 4 aromatic rings. The van der Waals surface area contributed by atoms with E-state index >= 15 is 0 Å². The highest BCUT2D eigenvalue weighted by Gasteiger charge is 2.19. The van der Waals surface area contributed by atoms with Gasteiger partial charge in [-0.25, -0.2) is 0 Å². The Morgan fingerprint density at radius 2 is 1.74 bits per heavy atom. The van der Waals surface area contributed by atoms with Gasteiger partial charge in [0.15, 0.2) is 0 Å². The van der Waals surface area contributed by atoms with Crippen LogP contribution in [-0.4, -0.2) is 5.11 Å². The van der Waals surface area contributed by atoms with Gasteiger partial charge < -0.3 is 9.84 Å². The number of aliphatic hydroxyl groups excluding tert-OH is 1. The summed E-state index contributed by atoms with van der Waals surface area (Å²) in [5, 5.41) is 12.5. The number of aliphatic hydroxyl groups is 1. The fourth-order valence-corrected chi connectivity index (χ4v) is 4.69. The second-order valence-corrected chi connectivity index (χ2v) is 8.54. The van der Waals surface area contributed by atoms with Gasteiger partial charge in [-0.3, -0.25) is 0 Å². The molecule has 0 bridgehead atoms. The fourth-order valence-electron chi connectivity index (χ4n) is 2.89. The Morgan fingerprint density at radius 3 is 2.52 bits per heavy atom. The lowest BCUT2D eigenvalue weighted by molar-refractivity contribution is 0.224. The normalized spacial score (nSPS) is 12.3. The second-order valence-electron chi connectivity index (χ2n) is 6.17. The molecule has 1 heterocycles. The van der Waals surface area contributed by atoms with E-state index in [-0.39, 0.29) is 0 Å².